The van der Waals surface area contributed by atoms with Gasteiger partial charge in [0.25, 0.3) is 0 Å². The molecule has 3 nitrogen and oxygen atoms in total. The van der Waals surface area contributed by atoms with Crippen LogP contribution in [-0.4, -0.2) is 15.0 Å². The molecule has 0 N–H and O–H groups in total. The molecule has 0 radical (unpaired) electrons. The number of nitrogens with zero attached hydrogens (tertiary/aromatic N) is 3. The van der Waals surface area contributed by atoms with E-state index in [-0.39, 0.29) is 0 Å². The van der Waals surface area contributed by atoms with Crippen LogP contribution < -0.4 is 0 Å². The Labute approximate surface area is 90.9 Å². The van der Waals surface area contributed by atoms with E-state index < -0.39 is 0 Å². The van der Waals surface area contributed by atoms with E-state index in [2.05, 4.69) is 26.1 Å². The molecule has 0 saturated heterocycles. The van der Waals surface area contributed by atoms with E-state index in [4.69, 9.17) is 0 Å². The minimum atomic E-state index is 0.966. The van der Waals surface area contributed by atoms with Crippen LogP contribution in [0, 0.1) is 13.8 Å². The summed E-state index contributed by atoms with van der Waals surface area (Å²) in [6, 6.07) is 7.90. The molecule has 72 valence electrons. The molecule has 0 amide bonds. The fourth-order valence-electron chi connectivity index (χ4n) is 1.14. The highest BCUT2D eigenvalue weighted by Crippen LogP contribution is 2.13. The molecular weight excluding hydrogens is 242 g/mol. The monoisotopic (exact) mass is 251 g/mol. The number of benzene rings is 1. The summed E-state index contributed by atoms with van der Waals surface area (Å²) >= 11 is 3.39. The van der Waals surface area contributed by atoms with Gasteiger partial charge < -0.3 is 0 Å². The third kappa shape index (κ3) is 1.70. The minimum Gasteiger partial charge on any atom is -0.153 e. The van der Waals surface area contributed by atoms with Gasteiger partial charge in [-0.3, -0.25) is 0 Å². The van der Waals surface area contributed by atoms with Crippen molar-refractivity contribution in [1.82, 2.24) is 15.0 Å². The lowest BCUT2D eigenvalue weighted by atomic mass is 10.3. The fourth-order valence-corrected chi connectivity index (χ4v) is 1.41. The molecule has 0 spiro atoms. The summed E-state index contributed by atoms with van der Waals surface area (Å²) in [4.78, 5) is 1.65. The zero-order valence-electron chi connectivity index (χ0n) is 8.03. The maximum absolute atomic E-state index is 4.30. The van der Waals surface area contributed by atoms with Crippen LogP contribution in [0.4, 0.5) is 0 Å². The normalized spacial score (nSPS) is 10.5. The maximum atomic E-state index is 4.30. The van der Waals surface area contributed by atoms with Crippen LogP contribution in [0.1, 0.15) is 11.4 Å². The van der Waals surface area contributed by atoms with E-state index in [1.54, 1.807) is 4.80 Å². The van der Waals surface area contributed by atoms with E-state index in [9.17, 15) is 0 Å². The molecule has 0 aliphatic carbocycles. The molecule has 2 rings (SSSR count). The predicted molar refractivity (Wildman–Crippen MR) is 58.5 cm³/mol. The van der Waals surface area contributed by atoms with E-state index in [1.807, 2.05) is 38.1 Å². The first-order valence-corrected chi connectivity index (χ1v) is 5.12. The lowest BCUT2D eigenvalue weighted by molar-refractivity contribution is 0.741. The number of rotatable bonds is 1. The van der Waals surface area contributed by atoms with Gasteiger partial charge in [0.15, 0.2) is 0 Å². The smallest absolute Gasteiger partial charge is 0.0857 e. The van der Waals surface area contributed by atoms with Gasteiger partial charge in [-0.15, -0.1) is 0 Å². The SMILES string of the molecule is Cc1nn(-c2ccc(Br)cc2)nc1C. The van der Waals surface area contributed by atoms with Gasteiger partial charge in [-0.2, -0.15) is 15.0 Å². The van der Waals surface area contributed by atoms with E-state index in [0.29, 0.717) is 0 Å². The molecule has 4 heteroatoms. The highest BCUT2D eigenvalue weighted by molar-refractivity contribution is 9.10. The van der Waals surface area contributed by atoms with Gasteiger partial charge in [0.2, 0.25) is 0 Å². The summed E-state index contributed by atoms with van der Waals surface area (Å²) in [5.41, 5.74) is 2.91. The Kier molecular flexibility index (Phi) is 2.37. The van der Waals surface area contributed by atoms with Crippen LogP contribution in [0.15, 0.2) is 28.7 Å². The Morgan fingerprint density at radius 1 is 1.00 bits per heavy atom. The highest BCUT2D eigenvalue weighted by atomic mass is 79.9. The van der Waals surface area contributed by atoms with E-state index >= 15 is 0 Å². The van der Waals surface area contributed by atoms with Crippen molar-refractivity contribution >= 4 is 15.9 Å². The first-order chi connectivity index (χ1) is 6.66. The standard InChI is InChI=1S/C10H10BrN3/c1-7-8(2)13-14(12-7)10-5-3-9(11)4-6-10/h3-6H,1-2H3. The summed E-state index contributed by atoms with van der Waals surface area (Å²) in [6.07, 6.45) is 0. The van der Waals surface area contributed by atoms with Gasteiger partial charge in [-0.25, -0.2) is 0 Å². The van der Waals surface area contributed by atoms with Gasteiger partial charge in [-0.1, -0.05) is 15.9 Å². The van der Waals surface area contributed by atoms with Gasteiger partial charge >= 0.3 is 0 Å². The van der Waals surface area contributed by atoms with Crippen molar-refractivity contribution in [3.8, 4) is 5.69 Å². The highest BCUT2D eigenvalue weighted by Gasteiger charge is 2.03. The average molecular weight is 252 g/mol. The fraction of sp³-hybridized carbons (Fsp3) is 0.200. The molecule has 0 unspecified atom stereocenters. The summed E-state index contributed by atoms with van der Waals surface area (Å²) in [5, 5.41) is 8.60. The van der Waals surface area contributed by atoms with Gasteiger partial charge in [0.05, 0.1) is 17.1 Å². The van der Waals surface area contributed by atoms with Crippen LogP contribution >= 0.6 is 15.9 Å². The Hall–Kier alpha value is -1.16. The molecule has 0 atom stereocenters. The van der Waals surface area contributed by atoms with Crippen molar-refractivity contribution in [2.24, 2.45) is 0 Å². The summed E-state index contributed by atoms with van der Waals surface area (Å²) in [6.45, 7) is 3.91. The second kappa shape index (κ2) is 3.53. The van der Waals surface area contributed by atoms with Crippen LogP contribution in [0.2, 0.25) is 0 Å². The largest absolute Gasteiger partial charge is 0.153 e. The molecule has 0 aliphatic heterocycles. The molecule has 1 aromatic carbocycles. The third-order valence-corrected chi connectivity index (χ3v) is 2.60. The summed E-state index contributed by atoms with van der Waals surface area (Å²) in [7, 11) is 0. The number of hydrogen-bond acceptors (Lipinski definition) is 2. The molecule has 0 aliphatic rings. The molecular formula is C10H10BrN3. The second-order valence-corrected chi connectivity index (χ2v) is 4.05. The van der Waals surface area contributed by atoms with Crippen LogP contribution in [0.25, 0.3) is 5.69 Å². The van der Waals surface area contributed by atoms with Gasteiger partial charge in [0, 0.05) is 4.47 Å². The molecule has 0 fully saturated rings. The first-order valence-electron chi connectivity index (χ1n) is 4.33. The minimum absolute atomic E-state index is 0.966. The predicted octanol–water partition coefficient (Wildman–Crippen LogP) is 2.65. The molecule has 1 heterocycles. The second-order valence-electron chi connectivity index (χ2n) is 3.14. The van der Waals surface area contributed by atoms with Crippen molar-refractivity contribution < 1.29 is 0 Å². The van der Waals surface area contributed by atoms with Crippen molar-refractivity contribution in [2.75, 3.05) is 0 Å². The Bertz CT molecular complexity index is 425. The maximum Gasteiger partial charge on any atom is 0.0857 e. The number of aryl methyl sites for hydroxylation is 2. The van der Waals surface area contributed by atoms with E-state index in [1.165, 1.54) is 0 Å². The van der Waals surface area contributed by atoms with Crippen LogP contribution in [0.5, 0.6) is 0 Å². The third-order valence-electron chi connectivity index (χ3n) is 2.07. The molecule has 0 bridgehead atoms. The molecule has 2 aromatic rings. The number of aromatic nitrogens is 3. The topological polar surface area (TPSA) is 30.7 Å². The lowest BCUT2D eigenvalue weighted by Crippen LogP contribution is -1.98. The Balaban J connectivity index is 2.44. The Morgan fingerprint density at radius 3 is 2.00 bits per heavy atom. The van der Waals surface area contributed by atoms with E-state index in [0.717, 1.165) is 21.5 Å². The lowest BCUT2D eigenvalue weighted by Gasteiger charge is -1.98. The molecule has 14 heavy (non-hydrogen) atoms. The van der Waals surface area contributed by atoms with Gasteiger partial charge in [-0.05, 0) is 38.1 Å². The molecule has 1 aromatic heterocycles. The first kappa shape index (κ1) is 9.40. The van der Waals surface area contributed by atoms with Crippen LogP contribution in [-0.2, 0) is 0 Å². The quantitative estimate of drug-likeness (QED) is 0.781. The zero-order valence-corrected chi connectivity index (χ0v) is 9.62. The average Bonchev–Trinajstić information content (AvgIpc) is 2.48. The van der Waals surface area contributed by atoms with Gasteiger partial charge in [0.1, 0.15) is 0 Å². The summed E-state index contributed by atoms with van der Waals surface area (Å²) in [5.74, 6) is 0. The van der Waals surface area contributed by atoms with Crippen molar-refractivity contribution in [1.29, 1.82) is 0 Å². The van der Waals surface area contributed by atoms with Crippen molar-refractivity contribution in [3.05, 3.63) is 40.1 Å². The number of hydrogen-bond donors (Lipinski definition) is 0. The Morgan fingerprint density at radius 2 is 1.50 bits per heavy atom. The van der Waals surface area contributed by atoms with Crippen molar-refractivity contribution in [2.45, 2.75) is 13.8 Å². The zero-order chi connectivity index (χ0) is 10.1. The van der Waals surface area contributed by atoms with Crippen molar-refractivity contribution in [3.63, 3.8) is 0 Å². The number of halogens is 1. The summed E-state index contributed by atoms with van der Waals surface area (Å²) < 4.78 is 1.06. The van der Waals surface area contributed by atoms with Crippen LogP contribution in [0.3, 0.4) is 0 Å². The molecule has 0 saturated carbocycles.